The molecule has 1 aromatic carbocycles. The van der Waals surface area contributed by atoms with Crippen LogP contribution in [-0.2, 0) is 10.9 Å². The van der Waals surface area contributed by atoms with Gasteiger partial charge in [-0.05, 0) is 25.3 Å². The first-order valence-electron chi connectivity index (χ1n) is 10.9. The molecule has 34 heavy (non-hydrogen) atoms. The third-order valence-electron chi connectivity index (χ3n) is 6.28. The first-order chi connectivity index (χ1) is 16.3. The summed E-state index contributed by atoms with van der Waals surface area (Å²) in [6, 6.07) is 8.01. The van der Waals surface area contributed by atoms with Crippen LogP contribution < -0.4 is 5.56 Å². The zero-order chi connectivity index (χ0) is 24.0. The summed E-state index contributed by atoms with van der Waals surface area (Å²) in [5, 5.41) is 10.4. The molecule has 11 heteroatoms. The van der Waals surface area contributed by atoms with Crippen molar-refractivity contribution in [1.29, 1.82) is 0 Å². The maximum atomic E-state index is 13.9. The van der Waals surface area contributed by atoms with Gasteiger partial charge in [0.05, 0.1) is 23.3 Å². The second kappa shape index (κ2) is 8.39. The minimum absolute atomic E-state index is 0.0457. The molecule has 5 rings (SSSR count). The molecule has 0 bridgehead atoms. The molecular weight excluding hydrogens is 451 g/mol. The van der Waals surface area contributed by atoms with Crippen LogP contribution in [0.5, 0.6) is 0 Å². The van der Waals surface area contributed by atoms with Gasteiger partial charge in [-0.15, -0.1) is 10.2 Å². The lowest BCUT2D eigenvalue weighted by atomic mass is 9.86. The smallest absolute Gasteiger partial charge is 0.420 e. The Bertz CT molecular complexity index is 1390. The minimum Gasteiger partial charge on any atom is -0.420 e. The number of benzene rings is 1. The van der Waals surface area contributed by atoms with Crippen LogP contribution in [0.2, 0.25) is 0 Å². The van der Waals surface area contributed by atoms with Gasteiger partial charge < -0.3 is 9.15 Å². The Kier molecular flexibility index (Phi) is 5.51. The molecule has 178 valence electrons. The Morgan fingerprint density at radius 2 is 1.85 bits per heavy atom. The van der Waals surface area contributed by atoms with Crippen LogP contribution in [0, 0.1) is 6.92 Å². The number of aromatic amines is 1. The predicted octanol–water partition coefficient (Wildman–Crippen LogP) is 4.74. The third-order valence-corrected chi connectivity index (χ3v) is 6.28. The van der Waals surface area contributed by atoms with Gasteiger partial charge in [0, 0.05) is 7.11 Å². The van der Waals surface area contributed by atoms with E-state index in [1.807, 2.05) is 0 Å². The monoisotopic (exact) mass is 473 g/mol. The van der Waals surface area contributed by atoms with Gasteiger partial charge >= 0.3 is 6.18 Å². The van der Waals surface area contributed by atoms with Crippen molar-refractivity contribution in [1.82, 2.24) is 24.8 Å². The highest BCUT2D eigenvalue weighted by molar-refractivity contribution is 5.81. The number of hydrogen-bond acceptors (Lipinski definition) is 6. The highest BCUT2D eigenvalue weighted by atomic mass is 19.4. The summed E-state index contributed by atoms with van der Waals surface area (Å²) in [5.41, 5.74) is -1.70. The number of methoxy groups -OCH3 is 1. The molecule has 4 aromatic rings. The van der Waals surface area contributed by atoms with Crippen LogP contribution >= 0.6 is 0 Å². The molecule has 8 nitrogen and oxygen atoms in total. The molecule has 3 aromatic heterocycles. The molecule has 1 aliphatic carbocycles. The van der Waals surface area contributed by atoms with Crippen LogP contribution in [0.25, 0.3) is 28.2 Å². The molecule has 0 spiro atoms. The number of fused-ring (bicyclic) bond motifs is 1. The van der Waals surface area contributed by atoms with Gasteiger partial charge in [-0.25, -0.2) is 4.98 Å². The van der Waals surface area contributed by atoms with Crippen LogP contribution in [0.1, 0.15) is 48.9 Å². The Morgan fingerprint density at radius 1 is 1.12 bits per heavy atom. The van der Waals surface area contributed by atoms with E-state index in [1.54, 1.807) is 25.3 Å². The predicted molar refractivity (Wildman–Crippen MR) is 116 cm³/mol. The fraction of sp³-hybridized carbons (Fsp3) is 0.391. The number of alkyl halides is 3. The van der Waals surface area contributed by atoms with Crippen molar-refractivity contribution < 1.29 is 22.3 Å². The molecule has 1 aliphatic rings. The molecule has 1 fully saturated rings. The average Bonchev–Trinajstić information content (AvgIpc) is 3.45. The van der Waals surface area contributed by atoms with E-state index in [0.29, 0.717) is 5.89 Å². The zero-order valence-corrected chi connectivity index (χ0v) is 18.5. The Labute approximate surface area is 191 Å². The molecule has 0 radical (unpaired) electrons. The summed E-state index contributed by atoms with van der Waals surface area (Å²) in [6.07, 6.45) is -1.11. The number of nitrogens with zero attached hydrogens (tertiary/aromatic N) is 4. The summed E-state index contributed by atoms with van der Waals surface area (Å²) >= 11 is 0. The fourth-order valence-electron chi connectivity index (χ4n) is 4.65. The van der Waals surface area contributed by atoms with E-state index in [1.165, 1.54) is 19.1 Å². The van der Waals surface area contributed by atoms with Crippen molar-refractivity contribution in [3.8, 4) is 22.6 Å². The van der Waals surface area contributed by atoms with Gasteiger partial charge in [0.15, 0.2) is 5.65 Å². The number of halogens is 3. The Balaban J connectivity index is 1.67. The van der Waals surface area contributed by atoms with E-state index in [4.69, 9.17) is 9.15 Å². The first-order valence-corrected chi connectivity index (χ1v) is 10.9. The number of hydrogen-bond donors (Lipinski definition) is 1. The van der Waals surface area contributed by atoms with Gasteiger partial charge in [0.2, 0.25) is 5.89 Å². The zero-order valence-electron chi connectivity index (χ0n) is 18.5. The fourth-order valence-corrected chi connectivity index (χ4v) is 4.65. The Morgan fingerprint density at radius 3 is 2.56 bits per heavy atom. The highest BCUT2D eigenvalue weighted by Gasteiger charge is 2.39. The van der Waals surface area contributed by atoms with Crippen molar-refractivity contribution in [3.63, 3.8) is 0 Å². The molecule has 1 unspecified atom stereocenters. The van der Waals surface area contributed by atoms with Crippen LogP contribution in [0.15, 0.2) is 39.5 Å². The van der Waals surface area contributed by atoms with Gasteiger partial charge in [0.25, 0.3) is 11.4 Å². The lowest BCUT2D eigenvalue weighted by Gasteiger charge is -2.27. The van der Waals surface area contributed by atoms with Gasteiger partial charge in [-0.3, -0.25) is 9.89 Å². The van der Waals surface area contributed by atoms with E-state index in [2.05, 4.69) is 20.3 Å². The number of H-pyrrole nitrogens is 1. The van der Waals surface area contributed by atoms with E-state index in [0.717, 1.165) is 30.2 Å². The summed E-state index contributed by atoms with van der Waals surface area (Å²) in [5.74, 6) is 0.161. The van der Waals surface area contributed by atoms with Gasteiger partial charge in [-0.1, -0.05) is 43.2 Å². The largest absolute Gasteiger partial charge is 0.433 e. The normalized spacial score (nSPS) is 19.1. The summed E-state index contributed by atoms with van der Waals surface area (Å²) in [6.45, 7) is 1.54. The van der Waals surface area contributed by atoms with Crippen molar-refractivity contribution in [2.45, 2.75) is 50.8 Å². The van der Waals surface area contributed by atoms with Gasteiger partial charge in [0.1, 0.15) is 11.3 Å². The van der Waals surface area contributed by atoms with E-state index in [9.17, 15) is 18.0 Å². The first kappa shape index (κ1) is 22.3. The molecule has 1 saturated carbocycles. The van der Waals surface area contributed by atoms with Crippen molar-refractivity contribution in [3.05, 3.63) is 58.0 Å². The van der Waals surface area contributed by atoms with Crippen molar-refractivity contribution in [2.75, 3.05) is 7.11 Å². The van der Waals surface area contributed by atoms with E-state index < -0.39 is 17.4 Å². The number of aromatic nitrogens is 5. The molecule has 0 saturated heterocycles. The van der Waals surface area contributed by atoms with Crippen molar-refractivity contribution >= 4 is 5.65 Å². The average molecular weight is 473 g/mol. The molecule has 0 amide bonds. The maximum Gasteiger partial charge on any atom is 0.433 e. The van der Waals surface area contributed by atoms with E-state index >= 15 is 0 Å². The summed E-state index contributed by atoms with van der Waals surface area (Å²) < 4.78 is 53.8. The lowest BCUT2D eigenvalue weighted by molar-refractivity contribution is -0.140. The number of rotatable bonds is 4. The Hall–Kier alpha value is -3.47. The number of nitrogens with one attached hydrogen (secondary N) is 1. The second-order valence-corrected chi connectivity index (χ2v) is 8.37. The van der Waals surface area contributed by atoms with E-state index in [-0.39, 0.29) is 45.9 Å². The minimum atomic E-state index is -4.73. The highest BCUT2D eigenvalue weighted by Crippen LogP contribution is 2.39. The van der Waals surface area contributed by atoms with Crippen LogP contribution in [0.3, 0.4) is 0 Å². The third kappa shape index (κ3) is 3.69. The van der Waals surface area contributed by atoms with Crippen LogP contribution in [0.4, 0.5) is 13.2 Å². The standard InChI is InChI=1S/C23H22F3N5O3/c1-12-16(21-29-28-20(34-21)14-10-6-7-11-15(14)33-2)22(32)31-19(27-12)17(13-8-4-3-5-9-13)18(30-31)23(24,25)26/h3-5,8-9,14-15,30H,6-7,10-11H2,1-2H3/t14?,15-/m1/s1. The maximum absolute atomic E-state index is 13.9. The molecule has 3 heterocycles. The molecule has 2 atom stereocenters. The summed E-state index contributed by atoms with van der Waals surface area (Å²) in [4.78, 5) is 17.7. The summed E-state index contributed by atoms with van der Waals surface area (Å²) in [7, 11) is 1.63. The SMILES string of the molecule is CO[C@@H]1CCCCC1c1nnc(-c2c(C)nc3c(-c4ccccc4)c(C(F)(F)F)[nH]n3c2=O)o1. The second-order valence-electron chi connectivity index (χ2n) is 8.37. The van der Waals surface area contributed by atoms with Crippen LogP contribution in [-0.4, -0.2) is 38.0 Å². The molecule has 0 aliphatic heterocycles. The quantitative estimate of drug-likeness (QED) is 0.460. The molecule has 1 N–H and O–H groups in total. The topological polar surface area (TPSA) is 98.3 Å². The number of ether oxygens (including phenoxy) is 1. The van der Waals surface area contributed by atoms with Crippen molar-refractivity contribution in [2.24, 2.45) is 0 Å². The lowest BCUT2D eigenvalue weighted by Crippen LogP contribution is -2.25. The molecular formula is C23H22F3N5O3. The van der Waals surface area contributed by atoms with Gasteiger partial charge in [-0.2, -0.15) is 17.7 Å². The number of aryl methyl sites for hydroxylation is 1.